The van der Waals surface area contributed by atoms with Crippen molar-refractivity contribution in [2.24, 2.45) is 5.73 Å². The monoisotopic (exact) mass is 304 g/mol. The van der Waals surface area contributed by atoms with Gasteiger partial charge in [-0.05, 0) is 62.4 Å². The highest BCUT2D eigenvalue weighted by Crippen LogP contribution is 2.31. The van der Waals surface area contributed by atoms with Gasteiger partial charge >= 0.3 is 5.97 Å². The summed E-state index contributed by atoms with van der Waals surface area (Å²) in [5, 5.41) is 19.5. The third-order valence-electron chi connectivity index (χ3n) is 4.11. The van der Waals surface area contributed by atoms with Gasteiger partial charge in [0, 0.05) is 24.7 Å². The third-order valence-corrected chi connectivity index (χ3v) is 4.11. The fourth-order valence-electron chi connectivity index (χ4n) is 3.10. The van der Waals surface area contributed by atoms with Gasteiger partial charge in [0.15, 0.2) is 0 Å². The van der Waals surface area contributed by atoms with Gasteiger partial charge in [-0.3, -0.25) is 0 Å². The SMILES string of the molecule is Cc1c(C(=O)O)cc(C)c2c1c(CCCO)cn2CCCN. The largest absolute Gasteiger partial charge is 0.478 e. The van der Waals surface area contributed by atoms with E-state index < -0.39 is 5.97 Å². The van der Waals surface area contributed by atoms with Crippen LogP contribution in [-0.2, 0) is 13.0 Å². The van der Waals surface area contributed by atoms with Gasteiger partial charge in [-0.1, -0.05) is 0 Å². The van der Waals surface area contributed by atoms with Gasteiger partial charge in [0.05, 0.1) is 11.1 Å². The number of carbonyl (C=O) groups is 1. The Morgan fingerprint density at radius 2 is 2.05 bits per heavy atom. The number of aryl methyl sites for hydroxylation is 4. The molecule has 0 radical (unpaired) electrons. The van der Waals surface area contributed by atoms with Crippen molar-refractivity contribution in [3.05, 3.63) is 34.5 Å². The fraction of sp³-hybridized carbons (Fsp3) is 0.471. The van der Waals surface area contributed by atoms with Gasteiger partial charge in [-0.15, -0.1) is 0 Å². The molecule has 0 unspecified atom stereocenters. The van der Waals surface area contributed by atoms with Crippen LogP contribution in [0.4, 0.5) is 0 Å². The summed E-state index contributed by atoms with van der Waals surface area (Å²) in [6.07, 6.45) is 4.38. The normalized spacial score (nSPS) is 11.3. The minimum Gasteiger partial charge on any atom is -0.478 e. The molecule has 0 saturated carbocycles. The van der Waals surface area contributed by atoms with Crippen LogP contribution in [0.25, 0.3) is 10.9 Å². The summed E-state index contributed by atoms with van der Waals surface area (Å²) in [5.41, 5.74) is 9.92. The predicted octanol–water partition coefficient (Wildman–Crippen LogP) is 2.23. The molecule has 0 aliphatic rings. The number of aromatic nitrogens is 1. The van der Waals surface area contributed by atoms with E-state index >= 15 is 0 Å². The van der Waals surface area contributed by atoms with Crippen molar-refractivity contribution in [1.29, 1.82) is 0 Å². The summed E-state index contributed by atoms with van der Waals surface area (Å²) in [5.74, 6) is -0.898. The second-order valence-electron chi connectivity index (χ2n) is 5.71. The van der Waals surface area contributed by atoms with Crippen LogP contribution in [0, 0.1) is 13.8 Å². The molecule has 4 N–H and O–H groups in total. The van der Waals surface area contributed by atoms with Gasteiger partial charge in [0.25, 0.3) is 0 Å². The van der Waals surface area contributed by atoms with Crippen LogP contribution in [0.5, 0.6) is 0 Å². The Morgan fingerprint density at radius 3 is 2.64 bits per heavy atom. The first-order chi connectivity index (χ1) is 10.5. The topological polar surface area (TPSA) is 88.5 Å². The number of hydrogen-bond acceptors (Lipinski definition) is 3. The molecule has 1 aromatic carbocycles. The van der Waals surface area contributed by atoms with Crippen LogP contribution in [-0.4, -0.2) is 33.9 Å². The van der Waals surface area contributed by atoms with Crippen molar-refractivity contribution >= 4 is 16.9 Å². The molecule has 1 aromatic heterocycles. The lowest BCUT2D eigenvalue weighted by molar-refractivity contribution is 0.0696. The van der Waals surface area contributed by atoms with E-state index in [-0.39, 0.29) is 6.61 Å². The van der Waals surface area contributed by atoms with Gasteiger partial charge in [0.1, 0.15) is 0 Å². The Labute approximate surface area is 130 Å². The molecule has 0 amide bonds. The van der Waals surface area contributed by atoms with Gasteiger partial charge < -0.3 is 20.5 Å². The first-order valence-electron chi connectivity index (χ1n) is 7.67. The lowest BCUT2D eigenvalue weighted by Crippen LogP contribution is -2.06. The highest BCUT2D eigenvalue weighted by molar-refractivity contribution is 5.99. The number of aliphatic hydroxyl groups excluding tert-OH is 1. The molecular formula is C17H24N2O3. The van der Waals surface area contributed by atoms with Crippen LogP contribution in [0.3, 0.4) is 0 Å². The zero-order valence-electron chi connectivity index (χ0n) is 13.2. The number of carboxylic acids is 1. The Balaban J connectivity index is 2.68. The first-order valence-corrected chi connectivity index (χ1v) is 7.67. The lowest BCUT2D eigenvalue weighted by Gasteiger charge is -2.11. The molecule has 120 valence electrons. The number of hydrogen-bond donors (Lipinski definition) is 3. The maximum Gasteiger partial charge on any atom is 0.335 e. The molecule has 0 aliphatic carbocycles. The smallest absolute Gasteiger partial charge is 0.335 e. The third kappa shape index (κ3) is 3.00. The maximum atomic E-state index is 11.5. The van der Waals surface area contributed by atoms with Crippen LogP contribution in [0.2, 0.25) is 0 Å². The van der Waals surface area contributed by atoms with E-state index in [1.54, 1.807) is 6.07 Å². The summed E-state index contributed by atoms with van der Waals surface area (Å²) >= 11 is 0. The molecule has 0 saturated heterocycles. The van der Waals surface area contributed by atoms with Crippen molar-refractivity contribution in [2.45, 2.75) is 39.7 Å². The van der Waals surface area contributed by atoms with E-state index in [9.17, 15) is 9.90 Å². The average molecular weight is 304 g/mol. The maximum absolute atomic E-state index is 11.5. The highest BCUT2D eigenvalue weighted by Gasteiger charge is 2.18. The summed E-state index contributed by atoms with van der Waals surface area (Å²) < 4.78 is 2.17. The van der Waals surface area contributed by atoms with Crippen molar-refractivity contribution in [3.63, 3.8) is 0 Å². The van der Waals surface area contributed by atoms with Gasteiger partial charge in [-0.2, -0.15) is 0 Å². The molecule has 0 atom stereocenters. The molecule has 1 heterocycles. The van der Waals surface area contributed by atoms with Crippen LogP contribution >= 0.6 is 0 Å². The number of fused-ring (bicyclic) bond motifs is 1. The second kappa shape index (κ2) is 6.94. The number of nitrogens with two attached hydrogens (primary N) is 1. The molecule has 22 heavy (non-hydrogen) atoms. The molecule has 0 aliphatic heterocycles. The number of rotatable bonds is 7. The van der Waals surface area contributed by atoms with Gasteiger partial charge in [-0.25, -0.2) is 4.79 Å². The van der Waals surface area contributed by atoms with Crippen LogP contribution in [0.1, 0.15) is 39.9 Å². The number of carboxylic acid groups (broad SMARTS) is 1. The summed E-state index contributed by atoms with van der Waals surface area (Å²) in [6, 6.07) is 1.74. The molecule has 5 nitrogen and oxygen atoms in total. The van der Waals surface area contributed by atoms with Crippen LogP contribution in [0.15, 0.2) is 12.3 Å². The summed E-state index contributed by atoms with van der Waals surface area (Å²) in [4.78, 5) is 11.5. The minimum absolute atomic E-state index is 0.131. The molecule has 0 bridgehead atoms. The molecule has 2 aromatic rings. The van der Waals surface area contributed by atoms with E-state index in [2.05, 4.69) is 10.8 Å². The molecule has 2 rings (SSSR count). The van der Waals surface area contributed by atoms with Crippen molar-refractivity contribution in [1.82, 2.24) is 4.57 Å². The quantitative estimate of drug-likeness (QED) is 0.732. The summed E-state index contributed by atoms with van der Waals surface area (Å²) in [7, 11) is 0. The lowest BCUT2D eigenvalue weighted by atomic mass is 9.97. The van der Waals surface area contributed by atoms with E-state index in [0.717, 1.165) is 47.0 Å². The zero-order valence-corrected chi connectivity index (χ0v) is 13.2. The standard InChI is InChI=1S/C17H24N2O3/c1-11-9-14(17(21)22)12(2)15-13(5-3-8-20)10-19(16(11)15)7-4-6-18/h9-10,20H,3-8,18H2,1-2H3,(H,21,22). The van der Waals surface area contributed by atoms with Crippen molar-refractivity contribution < 1.29 is 15.0 Å². The highest BCUT2D eigenvalue weighted by atomic mass is 16.4. The number of benzene rings is 1. The van der Waals surface area contributed by atoms with E-state index in [1.165, 1.54) is 0 Å². The van der Waals surface area contributed by atoms with Gasteiger partial charge in [0.2, 0.25) is 0 Å². The minimum atomic E-state index is -0.898. The molecule has 0 spiro atoms. The van der Waals surface area contributed by atoms with Crippen molar-refractivity contribution in [3.8, 4) is 0 Å². The number of aliphatic hydroxyl groups is 1. The number of aromatic carboxylic acids is 1. The Kier molecular flexibility index (Phi) is 5.21. The molecular weight excluding hydrogens is 280 g/mol. The van der Waals surface area contributed by atoms with E-state index in [0.29, 0.717) is 18.5 Å². The fourth-order valence-corrected chi connectivity index (χ4v) is 3.10. The Bertz CT molecular complexity index is 689. The second-order valence-corrected chi connectivity index (χ2v) is 5.71. The van der Waals surface area contributed by atoms with E-state index in [4.69, 9.17) is 10.8 Å². The van der Waals surface area contributed by atoms with E-state index in [1.807, 2.05) is 13.8 Å². The predicted molar refractivity (Wildman–Crippen MR) is 87.4 cm³/mol. The van der Waals surface area contributed by atoms with Crippen molar-refractivity contribution in [2.75, 3.05) is 13.2 Å². The Hall–Kier alpha value is -1.85. The average Bonchev–Trinajstić information content (AvgIpc) is 2.85. The van der Waals surface area contributed by atoms with Crippen LogP contribution < -0.4 is 5.73 Å². The number of nitrogens with zero attached hydrogens (tertiary/aromatic N) is 1. The molecule has 0 fully saturated rings. The Morgan fingerprint density at radius 1 is 1.32 bits per heavy atom. The summed E-state index contributed by atoms with van der Waals surface area (Å²) in [6.45, 7) is 5.38. The first kappa shape index (κ1) is 16.5. The zero-order chi connectivity index (χ0) is 16.3. The molecule has 5 heteroatoms.